The third kappa shape index (κ3) is 3.08. The van der Waals surface area contributed by atoms with Gasteiger partial charge in [0, 0.05) is 18.2 Å². The van der Waals surface area contributed by atoms with Crippen molar-refractivity contribution in [1.82, 2.24) is 24.1 Å². The highest BCUT2D eigenvalue weighted by molar-refractivity contribution is 7.59. The Bertz CT molecular complexity index is 1490. The summed E-state index contributed by atoms with van der Waals surface area (Å²) in [4.78, 5) is 23.9. The molecule has 0 amide bonds. The van der Waals surface area contributed by atoms with E-state index >= 15 is 0 Å². The molecule has 1 aliphatic carbocycles. The van der Waals surface area contributed by atoms with E-state index in [9.17, 15) is 10.1 Å². The van der Waals surface area contributed by atoms with Crippen LogP contribution >= 0.6 is 25.1 Å². The van der Waals surface area contributed by atoms with Crippen molar-refractivity contribution in [1.29, 1.82) is 5.26 Å². The average Bonchev–Trinajstić information content (AvgIpc) is 3.51. The number of nitrogen functional groups attached to an aromatic ring is 1. The van der Waals surface area contributed by atoms with Crippen molar-refractivity contribution in [3.8, 4) is 11.8 Å². The standard InChI is InChI=1S/C22H17ClN8O.H2S/c23-15-6-9-30-16(15)20(32)31(14-4-2-1-3-5-14)19(28-30)17-22(7-8-22)12-29(17)18-13(10-24)11-26-21(25)27-18;/h1-6,9,11,17H,7-8,12H2,(H2,25,26,27);1H2/t17-;/m1./s1. The van der Waals surface area contributed by atoms with Crippen LogP contribution in [-0.2, 0) is 0 Å². The Balaban J connectivity index is 0.00000228. The van der Waals surface area contributed by atoms with Crippen LogP contribution < -0.4 is 16.2 Å². The molecule has 2 N–H and O–H groups in total. The van der Waals surface area contributed by atoms with Gasteiger partial charge in [-0.05, 0) is 31.0 Å². The molecule has 3 aromatic heterocycles. The molecule has 1 atom stereocenters. The molecule has 11 heteroatoms. The number of anilines is 2. The van der Waals surface area contributed by atoms with Crippen molar-refractivity contribution in [2.24, 2.45) is 5.41 Å². The third-order valence-corrected chi connectivity index (χ3v) is 6.68. The Morgan fingerprint density at radius 1 is 1.21 bits per heavy atom. The molecule has 0 radical (unpaired) electrons. The van der Waals surface area contributed by atoms with Crippen LogP contribution in [0.2, 0.25) is 5.02 Å². The maximum absolute atomic E-state index is 13.6. The number of para-hydroxylation sites is 1. The highest BCUT2D eigenvalue weighted by Crippen LogP contribution is 2.65. The molecule has 33 heavy (non-hydrogen) atoms. The number of nitrogens with two attached hydrogens (primary N) is 1. The molecule has 166 valence electrons. The predicted octanol–water partition coefficient (Wildman–Crippen LogP) is 2.84. The molecule has 4 heterocycles. The van der Waals surface area contributed by atoms with Crippen LogP contribution in [0.25, 0.3) is 11.2 Å². The van der Waals surface area contributed by atoms with E-state index in [1.54, 1.807) is 16.8 Å². The van der Waals surface area contributed by atoms with E-state index in [1.807, 2.05) is 35.2 Å². The molecule has 2 fully saturated rings. The minimum Gasteiger partial charge on any atom is -0.368 e. The quantitative estimate of drug-likeness (QED) is 0.481. The SMILES string of the molecule is N#Cc1cnc(N)nc1N1CC2(CC2)[C@H]1c1nn2ccc(Cl)c2c(=O)n1-c1ccccc1.S. The minimum absolute atomic E-state index is 0. The normalized spacial score (nSPS) is 17.9. The lowest BCUT2D eigenvalue weighted by molar-refractivity contribution is 0.251. The van der Waals surface area contributed by atoms with Crippen LogP contribution in [0.3, 0.4) is 0 Å². The summed E-state index contributed by atoms with van der Waals surface area (Å²) in [6.45, 7) is 0.706. The van der Waals surface area contributed by atoms with Gasteiger partial charge in [0.1, 0.15) is 17.1 Å². The molecule has 6 rings (SSSR count). The zero-order chi connectivity index (χ0) is 22.0. The average molecular weight is 479 g/mol. The van der Waals surface area contributed by atoms with Gasteiger partial charge in [-0.15, -0.1) is 0 Å². The van der Waals surface area contributed by atoms with Crippen molar-refractivity contribution in [2.45, 2.75) is 18.9 Å². The molecule has 2 aliphatic rings. The molecule has 0 unspecified atom stereocenters. The molecule has 0 bridgehead atoms. The number of benzene rings is 1. The molecule has 9 nitrogen and oxygen atoms in total. The maximum atomic E-state index is 13.6. The molecule has 1 aromatic carbocycles. The summed E-state index contributed by atoms with van der Waals surface area (Å²) in [5.41, 5.74) is 6.92. The predicted molar refractivity (Wildman–Crippen MR) is 129 cm³/mol. The maximum Gasteiger partial charge on any atom is 0.284 e. The van der Waals surface area contributed by atoms with Crippen molar-refractivity contribution in [3.63, 3.8) is 0 Å². The number of hydrogen-bond acceptors (Lipinski definition) is 7. The van der Waals surface area contributed by atoms with Gasteiger partial charge in [-0.2, -0.15) is 28.8 Å². The van der Waals surface area contributed by atoms with Crippen molar-refractivity contribution in [2.75, 3.05) is 17.2 Å². The molecule has 1 aliphatic heterocycles. The van der Waals surface area contributed by atoms with Gasteiger partial charge in [-0.1, -0.05) is 29.8 Å². The Morgan fingerprint density at radius 2 is 1.97 bits per heavy atom. The number of fused-ring (bicyclic) bond motifs is 1. The van der Waals surface area contributed by atoms with E-state index in [0.717, 1.165) is 12.8 Å². The first-order chi connectivity index (χ1) is 15.5. The zero-order valence-electron chi connectivity index (χ0n) is 17.3. The van der Waals surface area contributed by atoms with E-state index in [4.69, 9.17) is 22.4 Å². The van der Waals surface area contributed by atoms with E-state index in [-0.39, 0.29) is 36.5 Å². The van der Waals surface area contributed by atoms with Crippen LogP contribution in [0, 0.1) is 16.7 Å². The Labute approximate surface area is 200 Å². The van der Waals surface area contributed by atoms with Crippen LogP contribution in [0.4, 0.5) is 11.8 Å². The van der Waals surface area contributed by atoms with Gasteiger partial charge >= 0.3 is 0 Å². The first-order valence-electron chi connectivity index (χ1n) is 10.2. The van der Waals surface area contributed by atoms with Crippen LogP contribution in [0.1, 0.15) is 30.3 Å². The second-order valence-corrected chi connectivity index (χ2v) is 8.67. The molecule has 1 spiro atoms. The number of nitrogens with zero attached hydrogens (tertiary/aromatic N) is 7. The highest BCUT2D eigenvalue weighted by atomic mass is 35.5. The summed E-state index contributed by atoms with van der Waals surface area (Å²) in [6.07, 6.45) is 5.13. The van der Waals surface area contributed by atoms with Gasteiger partial charge < -0.3 is 10.6 Å². The van der Waals surface area contributed by atoms with Crippen LogP contribution in [0.15, 0.2) is 53.6 Å². The topological polar surface area (TPSA) is 118 Å². The lowest BCUT2D eigenvalue weighted by atomic mass is 9.83. The van der Waals surface area contributed by atoms with E-state index in [1.165, 1.54) is 10.7 Å². The van der Waals surface area contributed by atoms with E-state index < -0.39 is 0 Å². The monoisotopic (exact) mass is 478 g/mol. The summed E-state index contributed by atoms with van der Waals surface area (Å²) in [5.74, 6) is 1.13. The van der Waals surface area contributed by atoms with Crippen molar-refractivity contribution < 1.29 is 0 Å². The largest absolute Gasteiger partial charge is 0.368 e. The van der Waals surface area contributed by atoms with Crippen LogP contribution in [0.5, 0.6) is 0 Å². The first kappa shape index (κ1) is 21.3. The minimum atomic E-state index is -0.249. The van der Waals surface area contributed by atoms with Gasteiger partial charge in [0.15, 0.2) is 11.6 Å². The van der Waals surface area contributed by atoms with Gasteiger partial charge in [0.05, 0.1) is 22.9 Å². The molecule has 4 aromatic rings. The second-order valence-electron chi connectivity index (χ2n) is 8.26. The first-order valence-corrected chi connectivity index (χ1v) is 10.5. The summed E-state index contributed by atoms with van der Waals surface area (Å²) in [5, 5.41) is 14.8. The second kappa shape index (κ2) is 7.50. The van der Waals surface area contributed by atoms with Gasteiger partial charge in [-0.3, -0.25) is 9.36 Å². The van der Waals surface area contributed by atoms with Crippen LogP contribution in [-0.4, -0.2) is 30.7 Å². The van der Waals surface area contributed by atoms with Crippen molar-refractivity contribution in [3.05, 3.63) is 75.6 Å². The zero-order valence-corrected chi connectivity index (χ0v) is 19.1. The Kier molecular flexibility index (Phi) is 4.84. The van der Waals surface area contributed by atoms with Gasteiger partial charge in [0.25, 0.3) is 5.56 Å². The molecule has 1 saturated heterocycles. The number of halogens is 1. The highest BCUT2D eigenvalue weighted by Gasteiger charge is 2.63. The van der Waals surface area contributed by atoms with E-state index in [2.05, 4.69) is 16.0 Å². The van der Waals surface area contributed by atoms with Gasteiger partial charge in [0.2, 0.25) is 5.95 Å². The summed E-state index contributed by atoms with van der Waals surface area (Å²) in [7, 11) is 0. The Hall–Kier alpha value is -3.55. The lowest BCUT2D eigenvalue weighted by Crippen LogP contribution is -2.54. The fourth-order valence-corrected chi connectivity index (χ4v) is 4.90. The van der Waals surface area contributed by atoms with Crippen molar-refractivity contribution >= 4 is 42.4 Å². The number of aromatic nitrogens is 5. The summed E-state index contributed by atoms with van der Waals surface area (Å²) in [6, 6.07) is 12.9. The number of hydrogen-bond donors (Lipinski definition) is 1. The third-order valence-electron chi connectivity index (χ3n) is 6.37. The molecular formula is C22H19ClN8OS. The summed E-state index contributed by atoms with van der Waals surface area (Å²) >= 11 is 6.32. The van der Waals surface area contributed by atoms with E-state index in [0.29, 0.717) is 40.0 Å². The lowest BCUT2D eigenvalue weighted by Gasteiger charge is -2.49. The van der Waals surface area contributed by atoms with Gasteiger partial charge in [-0.25, -0.2) is 9.50 Å². The fraction of sp³-hybridized carbons (Fsp3) is 0.227. The Morgan fingerprint density at radius 3 is 2.67 bits per heavy atom. The number of nitriles is 1. The number of rotatable bonds is 3. The molecular weight excluding hydrogens is 460 g/mol. The summed E-state index contributed by atoms with van der Waals surface area (Å²) < 4.78 is 3.15. The molecule has 1 saturated carbocycles. The fourth-order valence-electron chi connectivity index (χ4n) is 4.67. The smallest absolute Gasteiger partial charge is 0.284 e.